The van der Waals surface area contributed by atoms with Crippen molar-refractivity contribution in [1.82, 2.24) is 18.7 Å². The highest BCUT2D eigenvalue weighted by atomic mass is 16.2. The molecule has 0 aliphatic heterocycles. The molecule has 2 heterocycles. The van der Waals surface area contributed by atoms with Gasteiger partial charge in [0.15, 0.2) is 11.2 Å². The summed E-state index contributed by atoms with van der Waals surface area (Å²) in [7, 11) is 0. The van der Waals surface area contributed by atoms with E-state index in [1.54, 1.807) is 17.8 Å². The summed E-state index contributed by atoms with van der Waals surface area (Å²) >= 11 is 0. The highest BCUT2D eigenvalue weighted by Gasteiger charge is 2.17. The van der Waals surface area contributed by atoms with Gasteiger partial charge >= 0.3 is 5.69 Å². The van der Waals surface area contributed by atoms with Gasteiger partial charge in [0.1, 0.15) is 5.78 Å². The van der Waals surface area contributed by atoms with Gasteiger partial charge in [0.25, 0.3) is 5.56 Å². The van der Waals surface area contributed by atoms with E-state index in [4.69, 9.17) is 0 Å². The largest absolute Gasteiger partial charge is 0.332 e. The van der Waals surface area contributed by atoms with Gasteiger partial charge in [-0.1, -0.05) is 13.8 Å². The zero-order valence-electron chi connectivity index (χ0n) is 14.7. The summed E-state index contributed by atoms with van der Waals surface area (Å²) in [6.45, 7) is 7.14. The van der Waals surface area contributed by atoms with Gasteiger partial charge in [-0.2, -0.15) is 0 Å². The van der Waals surface area contributed by atoms with E-state index in [0.717, 1.165) is 12.8 Å². The number of hydrogen-bond donors (Lipinski definition) is 0. The van der Waals surface area contributed by atoms with Gasteiger partial charge in [-0.3, -0.25) is 13.9 Å². The van der Waals surface area contributed by atoms with Crippen molar-refractivity contribution in [2.24, 2.45) is 0 Å². The number of ketones is 1. The minimum Gasteiger partial charge on any atom is -0.325 e. The van der Waals surface area contributed by atoms with Gasteiger partial charge in [0.2, 0.25) is 0 Å². The Morgan fingerprint density at radius 3 is 2.38 bits per heavy atom. The first-order valence-electron chi connectivity index (χ1n) is 8.69. The van der Waals surface area contributed by atoms with E-state index in [1.165, 1.54) is 4.57 Å². The fraction of sp³-hybridized carbons (Fsp3) is 0.647. The van der Waals surface area contributed by atoms with E-state index in [1.807, 2.05) is 18.4 Å². The summed E-state index contributed by atoms with van der Waals surface area (Å²) < 4.78 is 4.72. The molecule has 2 aromatic rings. The van der Waals surface area contributed by atoms with Crippen LogP contribution in [0, 0.1) is 0 Å². The van der Waals surface area contributed by atoms with Crippen LogP contribution in [0.5, 0.6) is 0 Å². The molecular weight excluding hydrogens is 308 g/mol. The fourth-order valence-electron chi connectivity index (χ4n) is 2.92. The van der Waals surface area contributed by atoms with Gasteiger partial charge in [-0.15, -0.1) is 0 Å². The Kier molecular flexibility index (Phi) is 6.11. The number of carbonyl (C=O) groups is 1. The molecule has 0 aliphatic rings. The molecule has 7 heteroatoms. The normalized spacial score (nSPS) is 11.3. The van der Waals surface area contributed by atoms with Crippen LogP contribution in [0.3, 0.4) is 0 Å². The summed E-state index contributed by atoms with van der Waals surface area (Å²) in [5.41, 5.74) is 0.381. The first kappa shape index (κ1) is 18.2. The average Bonchev–Trinajstić information content (AvgIpc) is 2.94. The van der Waals surface area contributed by atoms with Crippen molar-refractivity contribution in [1.29, 1.82) is 0 Å². The van der Waals surface area contributed by atoms with Crippen LogP contribution in [-0.2, 0) is 24.4 Å². The van der Waals surface area contributed by atoms with Crippen LogP contribution >= 0.6 is 0 Å². The molecule has 0 unspecified atom stereocenters. The first-order valence-corrected chi connectivity index (χ1v) is 8.69. The lowest BCUT2D eigenvalue weighted by Gasteiger charge is -2.11. The molecule has 0 fully saturated rings. The van der Waals surface area contributed by atoms with E-state index >= 15 is 0 Å². The molecule has 7 nitrogen and oxygen atoms in total. The van der Waals surface area contributed by atoms with Crippen molar-refractivity contribution in [3.8, 4) is 0 Å². The third-order valence-corrected chi connectivity index (χ3v) is 4.06. The molecule has 0 atom stereocenters. The zero-order chi connectivity index (χ0) is 17.7. The lowest BCUT2D eigenvalue weighted by molar-refractivity contribution is -0.117. The second kappa shape index (κ2) is 8.08. The van der Waals surface area contributed by atoms with Crippen molar-refractivity contribution in [2.45, 2.75) is 72.5 Å². The van der Waals surface area contributed by atoms with E-state index < -0.39 is 0 Å². The number of rotatable bonds is 9. The molecule has 0 bridgehead atoms. The SMILES string of the molecule is CCCn1cnc2c1c(=O)n(CCCCC(C)=O)c(=O)n2CCC. The topological polar surface area (TPSA) is 78.9 Å². The Balaban J connectivity index is 2.49. The fourth-order valence-corrected chi connectivity index (χ4v) is 2.92. The van der Waals surface area contributed by atoms with Crippen molar-refractivity contribution in [2.75, 3.05) is 0 Å². The maximum Gasteiger partial charge on any atom is 0.332 e. The smallest absolute Gasteiger partial charge is 0.325 e. The van der Waals surface area contributed by atoms with E-state index in [9.17, 15) is 14.4 Å². The monoisotopic (exact) mass is 334 g/mol. The molecular formula is C17H26N4O3. The van der Waals surface area contributed by atoms with Crippen LogP contribution in [0.2, 0.25) is 0 Å². The maximum atomic E-state index is 12.8. The Bertz CT molecular complexity index is 829. The van der Waals surface area contributed by atoms with E-state index in [-0.39, 0.29) is 17.0 Å². The average molecular weight is 334 g/mol. The minimum atomic E-state index is -0.307. The van der Waals surface area contributed by atoms with E-state index in [2.05, 4.69) is 4.98 Å². The minimum absolute atomic E-state index is 0.127. The number of Topliss-reactive ketones (excluding diaryl/α,β-unsaturated/α-hetero) is 1. The quantitative estimate of drug-likeness (QED) is 0.657. The Labute approximate surface area is 140 Å². The number of aryl methyl sites for hydroxylation is 2. The van der Waals surface area contributed by atoms with Gasteiger partial charge < -0.3 is 9.36 Å². The third-order valence-electron chi connectivity index (χ3n) is 4.06. The van der Waals surface area contributed by atoms with E-state index in [0.29, 0.717) is 50.1 Å². The number of carbonyl (C=O) groups excluding carboxylic acids is 1. The second-order valence-electron chi connectivity index (χ2n) is 6.16. The molecule has 0 radical (unpaired) electrons. The summed E-state index contributed by atoms with van der Waals surface area (Å²) in [4.78, 5) is 40.9. The third kappa shape index (κ3) is 3.66. The molecule has 0 saturated heterocycles. The summed E-state index contributed by atoms with van der Waals surface area (Å²) in [5, 5.41) is 0. The van der Waals surface area contributed by atoms with Crippen molar-refractivity contribution >= 4 is 16.9 Å². The standard InChI is InChI=1S/C17H26N4O3/c1-4-9-19-12-18-15-14(19)16(23)21(11-7-6-8-13(3)22)17(24)20(15)10-5-2/h12H,4-11H2,1-3H3. The Morgan fingerprint density at radius 2 is 1.75 bits per heavy atom. The summed E-state index contributed by atoms with van der Waals surface area (Å²) in [6.07, 6.45) is 5.11. The molecule has 0 aromatic carbocycles. The van der Waals surface area contributed by atoms with Gasteiger partial charge in [-0.25, -0.2) is 9.78 Å². The molecule has 132 valence electrons. The predicted octanol–water partition coefficient (Wildman–Crippen LogP) is 1.94. The highest BCUT2D eigenvalue weighted by Crippen LogP contribution is 2.08. The van der Waals surface area contributed by atoms with Crippen LogP contribution in [0.4, 0.5) is 0 Å². The Morgan fingerprint density at radius 1 is 1.04 bits per heavy atom. The summed E-state index contributed by atoms with van der Waals surface area (Å²) in [5.74, 6) is 0.127. The van der Waals surface area contributed by atoms with Gasteiger partial charge in [0.05, 0.1) is 6.33 Å². The zero-order valence-corrected chi connectivity index (χ0v) is 14.7. The molecule has 0 amide bonds. The molecule has 0 spiro atoms. The van der Waals surface area contributed by atoms with Gasteiger partial charge in [-0.05, 0) is 32.6 Å². The number of aromatic nitrogens is 4. The lowest BCUT2D eigenvalue weighted by atomic mass is 10.2. The molecule has 0 aliphatic carbocycles. The molecule has 0 saturated carbocycles. The summed E-state index contributed by atoms with van der Waals surface area (Å²) in [6, 6.07) is 0. The molecule has 0 N–H and O–H groups in total. The Hall–Kier alpha value is -2.18. The van der Waals surface area contributed by atoms with Crippen LogP contribution in [0.25, 0.3) is 11.2 Å². The van der Waals surface area contributed by atoms with Crippen molar-refractivity contribution in [3.63, 3.8) is 0 Å². The highest BCUT2D eigenvalue weighted by molar-refractivity contribution is 5.75. The number of nitrogens with zero attached hydrogens (tertiary/aromatic N) is 4. The van der Waals surface area contributed by atoms with Gasteiger partial charge in [0, 0.05) is 26.1 Å². The number of imidazole rings is 1. The predicted molar refractivity (Wildman–Crippen MR) is 93.4 cm³/mol. The number of hydrogen-bond acceptors (Lipinski definition) is 4. The van der Waals surface area contributed by atoms with Crippen LogP contribution in [0.15, 0.2) is 15.9 Å². The maximum absolute atomic E-state index is 12.8. The van der Waals surface area contributed by atoms with Crippen LogP contribution in [-0.4, -0.2) is 24.5 Å². The molecule has 2 aromatic heterocycles. The number of unbranched alkanes of at least 4 members (excludes halogenated alkanes) is 1. The van der Waals surface area contributed by atoms with Crippen LogP contribution < -0.4 is 11.2 Å². The first-order chi connectivity index (χ1) is 11.5. The van der Waals surface area contributed by atoms with Crippen LogP contribution in [0.1, 0.15) is 52.9 Å². The van der Waals surface area contributed by atoms with Crippen molar-refractivity contribution < 1.29 is 4.79 Å². The molecule has 2 rings (SSSR count). The van der Waals surface area contributed by atoms with Crippen molar-refractivity contribution in [3.05, 3.63) is 27.2 Å². The molecule has 24 heavy (non-hydrogen) atoms. The second-order valence-corrected chi connectivity index (χ2v) is 6.16. The lowest BCUT2D eigenvalue weighted by Crippen LogP contribution is -2.40. The number of fused-ring (bicyclic) bond motifs is 1.